The van der Waals surface area contributed by atoms with E-state index in [0.29, 0.717) is 18.8 Å². The third kappa shape index (κ3) is 7.01. The summed E-state index contributed by atoms with van der Waals surface area (Å²) in [5.41, 5.74) is 1.13. The van der Waals surface area contributed by atoms with Crippen LogP contribution in [-0.4, -0.2) is 24.0 Å². The van der Waals surface area contributed by atoms with E-state index in [1.165, 1.54) is 5.56 Å². The van der Waals surface area contributed by atoms with Gasteiger partial charge in [-0.3, -0.25) is 4.79 Å². The summed E-state index contributed by atoms with van der Waals surface area (Å²) >= 11 is 1.66. The molecular formula is C21H27O3PS. The lowest BCUT2D eigenvalue weighted by Crippen LogP contribution is -2.28. The van der Waals surface area contributed by atoms with Crippen LogP contribution in [-0.2, 0) is 20.5 Å². The van der Waals surface area contributed by atoms with E-state index in [2.05, 4.69) is 12.1 Å². The van der Waals surface area contributed by atoms with Crippen LogP contribution in [0, 0.1) is 5.92 Å². The van der Waals surface area contributed by atoms with Crippen molar-refractivity contribution in [3.8, 4) is 0 Å². The lowest BCUT2D eigenvalue weighted by molar-refractivity contribution is -0.148. The van der Waals surface area contributed by atoms with Gasteiger partial charge in [-0.1, -0.05) is 48.5 Å². The summed E-state index contributed by atoms with van der Waals surface area (Å²) in [7, 11) is -1.04. The van der Waals surface area contributed by atoms with Crippen LogP contribution in [0.3, 0.4) is 0 Å². The summed E-state index contributed by atoms with van der Waals surface area (Å²) in [5.74, 6) is 0.183. The molecule has 2 aromatic carbocycles. The maximum atomic E-state index is 12.4. The number of carbonyl (C=O) groups excluding carboxylic acids is 1. The summed E-state index contributed by atoms with van der Waals surface area (Å²) < 4.78 is 17.2. The molecule has 2 aromatic rings. The van der Waals surface area contributed by atoms with E-state index in [9.17, 15) is 9.36 Å². The highest BCUT2D eigenvalue weighted by Crippen LogP contribution is 2.30. The maximum Gasteiger partial charge on any atom is 0.309 e. The van der Waals surface area contributed by atoms with Gasteiger partial charge in [-0.05, 0) is 43.9 Å². The quantitative estimate of drug-likeness (QED) is 0.304. The van der Waals surface area contributed by atoms with E-state index in [-0.39, 0.29) is 17.5 Å². The maximum absolute atomic E-state index is 12.4. The highest BCUT2D eigenvalue weighted by Gasteiger charge is 2.28. The molecule has 0 heterocycles. The summed E-state index contributed by atoms with van der Waals surface area (Å²) in [5, 5.41) is 0. The minimum absolute atomic E-state index is 0.130. The van der Waals surface area contributed by atoms with Crippen LogP contribution in [0.5, 0.6) is 0 Å². The van der Waals surface area contributed by atoms with Crippen LogP contribution < -0.4 is 0 Å². The molecule has 0 bridgehead atoms. The Morgan fingerprint density at radius 3 is 2.35 bits per heavy atom. The van der Waals surface area contributed by atoms with E-state index in [4.69, 9.17) is 4.74 Å². The molecule has 0 N–H and O–H groups in total. The number of rotatable bonds is 11. The summed E-state index contributed by atoms with van der Waals surface area (Å²) in [6.45, 7) is 2.18. The predicted octanol–water partition coefficient (Wildman–Crippen LogP) is 5.11. The predicted molar refractivity (Wildman–Crippen MR) is 111 cm³/mol. The Morgan fingerprint density at radius 1 is 1.08 bits per heavy atom. The van der Waals surface area contributed by atoms with Gasteiger partial charge in [-0.25, -0.2) is 0 Å². The van der Waals surface area contributed by atoms with Crippen molar-refractivity contribution in [2.24, 2.45) is 5.92 Å². The fourth-order valence-corrected chi connectivity index (χ4v) is 5.00. The molecule has 0 aliphatic carbocycles. The second kappa shape index (κ2) is 12.0. The van der Waals surface area contributed by atoms with Gasteiger partial charge in [-0.2, -0.15) is 0 Å². The molecule has 140 valence electrons. The van der Waals surface area contributed by atoms with Gasteiger partial charge in [0.05, 0.1) is 21.0 Å². The largest absolute Gasteiger partial charge is 0.466 e. The molecule has 0 spiro atoms. The second-order valence-electron chi connectivity index (χ2n) is 6.16. The van der Waals surface area contributed by atoms with Gasteiger partial charge in [0.2, 0.25) is 0 Å². The molecule has 0 aliphatic heterocycles. The summed E-state index contributed by atoms with van der Waals surface area (Å²) in [4.78, 5) is 13.6. The Kier molecular flexibility index (Phi) is 9.58. The zero-order chi connectivity index (χ0) is 18.6. The number of carbonyl (C=O) groups is 1. The van der Waals surface area contributed by atoms with Crippen LogP contribution >= 0.6 is 20.2 Å². The van der Waals surface area contributed by atoms with Crippen LogP contribution in [0.4, 0.5) is 0 Å². The fourth-order valence-electron chi connectivity index (χ4n) is 2.89. The number of thioether (sulfide) groups is 1. The molecule has 0 amide bonds. The molecular weight excluding hydrogens is 363 g/mol. The van der Waals surface area contributed by atoms with Gasteiger partial charge in [0.15, 0.2) is 0 Å². The molecule has 0 radical (unpaired) electrons. The van der Waals surface area contributed by atoms with Gasteiger partial charge in [0, 0.05) is 16.3 Å². The first kappa shape index (κ1) is 20.8. The van der Waals surface area contributed by atoms with Gasteiger partial charge in [0.1, 0.15) is 0 Å². The summed E-state index contributed by atoms with van der Waals surface area (Å²) in [6.07, 6.45) is 2.52. The fraction of sp³-hybridized carbons (Fsp3) is 0.381. The standard InChI is InChI=1S/C21H27O3PS/c1-2-24-21(22)19(15-9-12-17-10-5-3-6-11-17)20(25-23)16-26-18-13-7-4-8-14-18/h3-8,10-11,13-14,19-20H,2,9,12,15-16,25H2,1H3. The Balaban J connectivity index is 1.96. The van der Waals surface area contributed by atoms with Crippen molar-refractivity contribution in [2.75, 3.05) is 12.4 Å². The smallest absolute Gasteiger partial charge is 0.309 e. The van der Waals surface area contributed by atoms with Crippen molar-refractivity contribution in [3.63, 3.8) is 0 Å². The number of hydrogen-bond acceptors (Lipinski definition) is 4. The molecule has 0 fully saturated rings. The van der Waals surface area contributed by atoms with Crippen molar-refractivity contribution < 1.29 is 14.1 Å². The minimum atomic E-state index is -1.04. The molecule has 0 aromatic heterocycles. The van der Waals surface area contributed by atoms with Gasteiger partial charge in [0.25, 0.3) is 0 Å². The van der Waals surface area contributed by atoms with Crippen molar-refractivity contribution in [3.05, 3.63) is 66.2 Å². The van der Waals surface area contributed by atoms with Crippen molar-refractivity contribution in [1.29, 1.82) is 0 Å². The van der Waals surface area contributed by atoms with Crippen molar-refractivity contribution >= 4 is 26.2 Å². The normalized spacial score (nSPS) is 13.6. The third-order valence-corrected chi connectivity index (χ3v) is 6.84. The molecule has 2 rings (SSSR count). The first-order chi connectivity index (χ1) is 12.7. The Bertz CT molecular complexity index is 663. The Hall–Kier alpha value is -1.51. The van der Waals surface area contributed by atoms with Gasteiger partial charge >= 0.3 is 5.97 Å². The number of benzene rings is 2. The summed E-state index contributed by atoms with van der Waals surface area (Å²) in [6, 6.07) is 20.3. The molecule has 3 nitrogen and oxygen atoms in total. The minimum Gasteiger partial charge on any atom is -0.466 e. The van der Waals surface area contributed by atoms with Crippen LogP contribution in [0.1, 0.15) is 25.3 Å². The third-order valence-electron chi connectivity index (χ3n) is 4.29. The molecule has 0 saturated carbocycles. The lowest BCUT2D eigenvalue weighted by atomic mass is 9.97. The van der Waals surface area contributed by atoms with Gasteiger partial charge < -0.3 is 9.30 Å². The number of aryl methyl sites for hydroxylation is 1. The average Bonchev–Trinajstić information content (AvgIpc) is 2.68. The van der Waals surface area contributed by atoms with Crippen molar-refractivity contribution in [2.45, 2.75) is 36.7 Å². The highest BCUT2D eigenvalue weighted by molar-refractivity contribution is 7.99. The zero-order valence-corrected chi connectivity index (χ0v) is 17.1. The van der Waals surface area contributed by atoms with E-state index in [0.717, 1.165) is 17.7 Å². The topological polar surface area (TPSA) is 43.4 Å². The van der Waals surface area contributed by atoms with Crippen LogP contribution in [0.25, 0.3) is 0 Å². The van der Waals surface area contributed by atoms with Crippen molar-refractivity contribution in [1.82, 2.24) is 0 Å². The second-order valence-corrected chi connectivity index (χ2v) is 8.38. The van der Waals surface area contributed by atoms with E-state index in [1.54, 1.807) is 11.8 Å². The monoisotopic (exact) mass is 390 g/mol. The Labute approximate surface area is 161 Å². The van der Waals surface area contributed by atoms with E-state index in [1.807, 2.05) is 55.5 Å². The molecule has 0 aliphatic rings. The average molecular weight is 390 g/mol. The molecule has 3 atom stereocenters. The molecule has 5 heteroatoms. The SMILES string of the molecule is CCOC(=O)C(CCCc1ccccc1)C(CSc1ccccc1)[PH2]=O. The zero-order valence-electron chi connectivity index (χ0n) is 15.2. The molecule has 3 unspecified atom stereocenters. The Morgan fingerprint density at radius 2 is 1.73 bits per heavy atom. The van der Waals surface area contributed by atoms with Crippen LogP contribution in [0.15, 0.2) is 65.6 Å². The highest BCUT2D eigenvalue weighted by atomic mass is 32.2. The molecule has 0 saturated heterocycles. The molecule has 26 heavy (non-hydrogen) atoms. The van der Waals surface area contributed by atoms with Gasteiger partial charge in [-0.15, -0.1) is 11.8 Å². The number of esters is 1. The van der Waals surface area contributed by atoms with E-state index >= 15 is 0 Å². The number of ether oxygens (including phenoxy) is 1. The number of hydrogen-bond donors (Lipinski definition) is 0. The lowest BCUT2D eigenvalue weighted by Gasteiger charge is -2.21. The van der Waals surface area contributed by atoms with E-state index < -0.39 is 8.46 Å². The van der Waals surface area contributed by atoms with Crippen LogP contribution in [0.2, 0.25) is 0 Å². The first-order valence-corrected chi connectivity index (χ1v) is 11.2. The first-order valence-electron chi connectivity index (χ1n) is 9.08.